The van der Waals surface area contributed by atoms with Crippen molar-refractivity contribution < 1.29 is 32.6 Å². The molecule has 1 amide bonds. The number of carbonyl (C=O) groups excluding carboxylic acids is 2. The molecule has 0 bridgehead atoms. The number of amides is 1. The van der Waals surface area contributed by atoms with E-state index in [0.717, 1.165) is 44.2 Å². The van der Waals surface area contributed by atoms with Crippen LogP contribution in [0, 0.1) is 5.41 Å². The lowest BCUT2D eigenvalue weighted by Crippen LogP contribution is -2.38. The van der Waals surface area contributed by atoms with Gasteiger partial charge in [0, 0.05) is 23.7 Å². The summed E-state index contributed by atoms with van der Waals surface area (Å²) in [5, 5.41) is 12.2. The van der Waals surface area contributed by atoms with Crippen LogP contribution < -0.4 is 15.0 Å². The zero-order valence-corrected chi connectivity index (χ0v) is 28.3. The summed E-state index contributed by atoms with van der Waals surface area (Å²) in [5.41, 5.74) is 1.43. The Morgan fingerprint density at radius 3 is 2.27 bits per heavy atom. The number of carbonyl (C=O) groups is 2. The first-order chi connectivity index (χ1) is 21.5. The molecule has 1 atom stereocenters. The standard InChI is InChI=1S/C34H41BrN2O7S/c1-4-6-17-34(18-7-5-2)22-37(25-11-9-8-10-12-25)28-19-27(35)29(20-30(28)45(41,42)23-34)44-21-31(39)36-32(33(40)43-3)24-13-15-26(38)16-14-24/h8-16,19-20,32,38H,4-7,17-18,21-23H2,1-3H3,(H,36,39)/t32-/m1/s1. The van der Waals surface area contributed by atoms with Gasteiger partial charge in [-0.15, -0.1) is 0 Å². The fourth-order valence-corrected chi connectivity index (χ4v) is 8.38. The molecule has 9 nitrogen and oxygen atoms in total. The van der Waals surface area contributed by atoms with Gasteiger partial charge in [-0.1, -0.05) is 69.9 Å². The lowest BCUT2D eigenvalue weighted by atomic mass is 9.79. The van der Waals surface area contributed by atoms with E-state index in [1.54, 1.807) is 6.07 Å². The maximum absolute atomic E-state index is 14.2. The Morgan fingerprint density at radius 1 is 1.02 bits per heavy atom. The van der Waals surface area contributed by atoms with Gasteiger partial charge >= 0.3 is 5.97 Å². The van der Waals surface area contributed by atoms with Crippen molar-refractivity contribution in [3.63, 3.8) is 0 Å². The van der Waals surface area contributed by atoms with E-state index in [1.807, 2.05) is 30.3 Å². The Kier molecular flexibility index (Phi) is 11.5. The van der Waals surface area contributed by atoms with Crippen molar-refractivity contribution >= 4 is 49.0 Å². The molecule has 0 aliphatic carbocycles. The number of hydrogen-bond donors (Lipinski definition) is 2. The summed E-state index contributed by atoms with van der Waals surface area (Å²) in [6.45, 7) is 4.32. The number of esters is 1. The molecule has 0 spiro atoms. The smallest absolute Gasteiger partial charge is 0.333 e. The Labute approximate surface area is 274 Å². The highest BCUT2D eigenvalue weighted by atomic mass is 79.9. The van der Waals surface area contributed by atoms with Crippen molar-refractivity contribution in [2.24, 2.45) is 5.41 Å². The summed E-state index contributed by atoms with van der Waals surface area (Å²) in [4.78, 5) is 27.6. The van der Waals surface area contributed by atoms with Gasteiger partial charge in [-0.3, -0.25) is 4.79 Å². The van der Waals surface area contributed by atoms with Crippen molar-refractivity contribution in [1.29, 1.82) is 0 Å². The molecule has 1 aliphatic rings. The number of aromatic hydroxyl groups is 1. The molecule has 3 aromatic rings. The summed E-state index contributed by atoms with van der Waals surface area (Å²) in [6, 6.07) is 17.7. The fourth-order valence-electron chi connectivity index (χ4n) is 5.82. The second-order valence-corrected chi connectivity index (χ2v) is 14.4. The third-order valence-electron chi connectivity index (χ3n) is 8.15. The lowest BCUT2D eigenvalue weighted by Gasteiger charge is -2.37. The summed E-state index contributed by atoms with van der Waals surface area (Å²) >= 11 is 3.55. The van der Waals surface area contributed by atoms with E-state index in [9.17, 15) is 23.1 Å². The van der Waals surface area contributed by atoms with E-state index >= 15 is 0 Å². The van der Waals surface area contributed by atoms with Crippen LogP contribution in [0.4, 0.5) is 11.4 Å². The summed E-state index contributed by atoms with van der Waals surface area (Å²) in [7, 11) is -2.55. The number of phenolic OH excluding ortho intramolecular Hbond substituents is 1. The highest BCUT2D eigenvalue weighted by Crippen LogP contribution is 2.47. The van der Waals surface area contributed by atoms with E-state index < -0.39 is 39.8 Å². The van der Waals surface area contributed by atoms with Crippen molar-refractivity contribution in [3.8, 4) is 11.5 Å². The molecule has 0 saturated heterocycles. The molecular formula is C34H41BrN2O7S. The Hall–Kier alpha value is -3.57. The number of para-hydroxylation sites is 1. The van der Waals surface area contributed by atoms with Gasteiger partial charge in [0.2, 0.25) is 0 Å². The molecule has 1 heterocycles. The summed E-state index contributed by atoms with van der Waals surface area (Å²) in [5.74, 6) is -1.09. The molecule has 1 aliphatic heterocycles. The third-order valence-corrected chi connectivity index (χ3v) is 10.8. The average Bonchev–Trinajstić information content (AvgIpc) is 3.12. The Morgan fingerprint density at radius 2 is 1.67 bits per heavy atom. The van der Waals surface area contributed by atoms with Crippen LogP contribution in [0.2, 0.25) is 0 Å². The van der Waals surface area contributed by atoms with Crippen LogP contribution in [0.3, 0.4) is 0 Å². The molecule has 0 radical (unpaired) electrons. The van der Waals surface area contributed by atoms with Gasteiger partial charge in [-0.25, -0.2) is 13.2 Å². The SMILES string of the molecule is CCCCC1(CCCC)CN(c2ccccc2)c2cc(Br)c(OCC(=O)N[C@@H](C(=O)OC)c3ccc(O)cc3)cc2S(=O)(=O)C1. The highest BCUT2D eigenvalue weighted by Gasteiger charge is 2.42. The summed E-state index contributed by atoms with van der Waals surface area (Å²) in [6.07, 6.45) is 5.41. The van der Waals surface area contributed by atoms with Gasteiger partial charge < -0.3 is 24.8 Å². The van der Waals surface area contributed by atoms with E-state index in [1.165, 1.54) is 37.4 Å². The molecule has 2 N–H and O–H groups in total. The van der Waals surface area contributed by atoms with Gasteiger partial charge in [0.1, 0.15) is 11.5 Å². The number of sulfone groups is 1. The monoisotopic (exact) mass is 700 g/mol. The first-order valence-electron chi connectivity index (χ1n) is 15.2. The summed E-state index contributed by atoms with van der Waals surface area (Å²) < 4.78 is 39.6. The number of methoxy groups -OCH3 is 1. The van der Waals surface area contributed by atoms with E-state index in [4.69, 9.17) is 9.47 Å². The molecule has 3 aromatic carbocycles. The van der Waals surface area contributed by atoms with Gasteiger partial charge in [-0.2, -0.15) is 0 Å². The molecule has 0 aromatic heterocycles. The normalized spacial score (nSPS) is 15.8. The number of rotatable bonds is 13. The van der Waals surface area contributed by atoms with Gasteiger partial charge in [0.15, 0.2) is 22.5 Å². The predicted molar refractivity (Wildman–Crippen MR) is 178 cm³/mol. The number of benzene rings is 3. The minimum atomic E-state index is -3.76. The van der Waals surface area contributed by atoms with Crippen LogP contribution in [0.15, 0.2) is 76.1 Å². The zero-order valence-electron chi connectivity index (χ0n) is 25.9. The molecule has 0 saturated carbocycles. The fraction of sp³-hybridized carbons (Fsp3) is 0.412. The highest BCUT2D eigenvalue weighted by molar-refractivity contribution is 9.10. The zero-order chi connectivity index (χ0) is 32.6. The number of nitrogens with zero attached hydrogens (tertiary/aromatic N) is 1. The van der Waals surface area contributed by atoms with Crippen molar-refractivity contribution in [1.82, 2.24) is 5.32 Å². The topological polar surface area (TPSA) is 122 Å². The molecule has 0 unspecified atom stereocenters. The number of unbranched alkanes of at least 4 members (excludes halogenated alkanes) is 2. The van der Waals surface area contributed by atoms with Crippen LogP contribution in [0.5, 0.6) is 11.5 Å². The second kappa shape index (κ2) is 15.1. The predicted octanol–water partition coefficient (Wildman–Crippen LogP) is 6.86. The molecule has 242 valence electrons. The van der Waals surface area contributed by atoms with Crippen LogP contribution in [0.25, 0.3) is 0 Å². The van der Waals surface area contributed by atoms with Gasteiger partial charge in [-0.05, 0) is 64.7 Å². The molecule has 4 rings (SSSR count). The third kappa shape index (κ3) is 8.38. The minimum Gasteiger partial charge on any atom is -0.508 e. The first kappa shape index (κ1) is 34.3. The number of nitrogens with one attached hydrogen (secondary N) is 1. The van der Waals surface area contributed by atoms with Gasteiger partial charge in [0.25, 0.3) is 5.91 Å². The number of phenols is 1. The second-order valence-electron chi connectivity index (χ2n) is 11.5. The van der Waals surface area contributed by atoms with Crippen LogP contribution in [0.1, 0.15) is 64.0 Å². The van der Waals surface area contributed by atoms with E-state index in [2.05, 4.69) is 40.0 Å². The molecule has 11 heteroatoms. The van der Waals surface area contributed by atoms with Crippen molar-refractivity contribution in [2.75, 3.05) is 30.9 Å². The molecular weight excluding hydrogens is 660 g/mol. The lowest BCUT2D eigenvalue weighted by molar-refractivity contribution is -0.145. The van der Waals surface area contributed by atoms with Gasteiger partial charge in [0.05, 0.1) is 27.9 Å². The molecule has 45 heavy (non-hydrogen) atoms. The first-order valence-corrected chi connectivity index (χ1v) is 17.6. The number of hydrogen-bond acceptors (Lipinski definition) is 8. The minimum absolute atomic E-state index is 0.0128. The number of fused-ring (bicyclic) bond motifs is 1. The largest absolute Gasteiger partial charge is 0.508 e. The maximum atomic E-state index is 14.2. The van der Waals surface area contributed by atoms with Crippen molar-refractivity contribution in [2.45, 2.75) is 63.3 Å². The Bertz CT molecular complexity index is 1570. The quantitative estimate of drug-likeness (QED) is 0.186. The average molecular weight is 702 g/mol. The van der Waals surface area contributed by atoms with Crippen LogP contribution in [-0.4, -0.2) is 51.4 Å². The van der Waals surface area contributed by atoms with Crippen LogP contribution >= 0.6 is 15.9 Å². The number of ether oxygens (including phenoxy) is 2. The molecule has 0 fully saturated rings. The number of halogens is 1. The maximum Gasteiger partial charge on any atom is 0.333 e. The van der Waals surface area contributed by atoms with Crippen molar-refractivity contribution in [3.05, 3.63) is 76.8 Å². The van der Waals surface area contributed by atoms with E-state index in [0.29, 0.717) is 22.3 Å². The Balaban J connectivity index is 1.67. The van der Waals surface area contributed by atoms with Crippen LogP contribution in [-0.2, 0) is 24.2 Å². The van der Waals surface area contributed by atoms with E-state index in [-0.39, 0.29) is 22.1 Å². The number of anilines is 2.